The largest absolute Gasteiger partial charge is 0.385 e. The minimum absolute atomic E-state index is 0.154. The Morgan fingerprint density at radius 3 is 2.70 bits per heavy atom. The topological polar surface area (TPSA) is 66.8 Å². The lowest BCUT2D eigenvalue weighted by Crippen LogP contribution is -2.29. The number of hydrogen-bond donors (Lipinski definition) is 1. The number of benzene rings is 1. The van der Waals surface area contributed by atoms with Crippen molar-refractivity contribution < 1.29 is 18.3 Å². The maximum absolute atomic E-state index is 12.5. The van der Waals surface area contributed by atoms with Crippen LogP contribution in [0, 0.1) is 11.8 Å². The molecule has 0 spiro atoms. The molecule has 1 aromatic carbocycles. The molecule has 0 aromatic heterocycles. The number of hydrogen-bond acceptors (Lipinski definition) is 4. The summed E-state index contributed by atoms with van der Waals surface area (Å²) in [6.45, 7) is 0.571. The maximum atomic E-state index is 12.5. The molecule has 0 amide bonds. The third-order valence-electron chi connectivity index (χ3n) is 2.70. The van der Waals surface area contributed by atoms with Crippen LogP contribution in [-0.2, 0) is 14.8 Å². The van der Waals surface area contributed by atoms with Crippen LogP contribution >= 0.6 is 0 Å². The quantitative estimate of drug-likeness (QED) is 0.619. The third kappa shape index (κ3) is 4.32. The van der Waals surface area contributed by atoms with Crippen LogP contribution < -0.4 is 0 Å². The van der Waals surface area contributed by atoms with E-state index in [4.69, 9.17) is 9.84 Å². The van der Waals surface area contributed by atoms with Gasteiger partial charge in [0.05, 0.1) is 4.90 Å². The summed E-state index contributed by atoms with van der Waals surface area (Å²) < 4.78 is 31.1. The van der Waals surface area contributed by atoms with Gasteiger partial charge in [-0.3, -0.25) is 0 Å². The Bertz CT molecular complexity index is 587. The van der Waals surface area contributed by atoms with Crippen LogP contribution in [0.5, 0.6) is 0 Å². The van der Waals surface area contributed by atoms with Gasteiger partial charge in [0.1, 0.15) is 6.61 Å². The fourth-order valence-electron chi connectivity index (χ4n) is 1.65. The molecule has 0 radical (unpaired) electrons. The van der Waals surface area contributed by atoms with Gasteiger partial charge in [-0.25, -0.2) is 12.7 Å². The number of nitrogens with zero attached hydrogens (tertiary/aromatic N) is 1. The second-order valence-corrected chi connectivity index (χ2v) is 6.14. The van der Waals surface area contributed by atoms with Gasteiger partial charge in [0.2, 0.25) is 10.0 Å². The number of aliphatic hydroxyl groups is 1. The summed E-state index contributed by atoms with van der Waals surface area (Å²) in [6.07, 6.45) is 0.622. The number of aliphatic hydroxyl groups excluding tert-OH is 1. The fourth-order valence-corrected chi connectivity index (χ4v) is 3.00. The molecular formula is C14H19NO4S. The molecule has 0 fully saturated rings. The van der Waals surface area contributed by atoms with Gasteiger partial charge in [-0.05, 0) is 18.6 Å². The van der Waals surface area contributed by atoms with E-state index < -0.39 is 10.0 Å². The first kappa shape index (κ1) is 16.7. The maximum Gasteiger partial charge on any atom is 0.244 e. The molecule has 1 rings (SSSR count). The van der Waals surface area contributed by atoms with Crippen molar-refractivity contribution in [1.29, 1.82) is 0 Å². The molecule has 0 saturated carbocycles. The second kappa shape index (κ2) is 8.02. The predicted octanol–water partition coefficient (Wildman–Crippen LogP) is 0.687. The molecule has 0 aliphatic heterocycles. The molecule has 0 aliphatic rings. The predicted molar refractivity (Wildman–Crippen MR) is 76.7 cm³/mol. The first-order valence-electron chi connectivity index (χ1n) is 6.18. The van der Waals surface area contributed by atoms with Crippen LogP contribution in [0.15, 0.2) is 29.2 Å². The second-order valence-electron chi connectivity index (χ2n) is 4.13. The lowest BCUT2D eigenvalue weighted by Gasteiger charge is -2.17. The van der Waals surface area contributed by atoms with E-state index in [1.165, 1.54) is 17.4 Å². The summed E-state index contributed by atoms with van der Waals surface area (Å²) >= 11 is 0. The Labute approximate surface area is 120 Å². The van der Waals surface area contributed by atoms with Crippen LogP contribution in [0.4, 0.5) is 0 Å². The lowest BCUT2D eigenvalue weighted by atomic mass is 10.2. The fraction of sp³-hybridized carbons (Fsp3) is 0.429. The van der Waals surface area contributed by atoms with Gasteiger partial charge >= 0.3 is 0 Å². The van der Waals surface area contributed by atoms with Crippen molar-refractivity contribution >= 4 is 10.0 Å². The molecule has 0 unspecified atom stereocenters. The monoisotopic (exact) mass is 297 g/mol. The minimum Gasteiger partial charge on any atom is -0.385 e. The average molecular weight is 297 g/mol. The van der Waals surface area contributed by atoms with Gasteiger partial charge in [0, 0.05) is 32.9 Å². The van der Waals surface area contributed by atoms with Crippen LogP contribution in [0.2, 0.25) is 0 Å². The molecule has 0 heterocycles. The normalized spacial score (nSPS) is 11.2. The van der Waals surface area contributed by atoms with Crippen LogP contribution in [0.25, 0.3) is 0 Å². The minimum atomic E-state index is -3.59. The van der Waals surface area contributed by atoms with E-state index in [2.05, 4.69) is 11.8 Å². The van der Waals surface area contributed by atoms with E-state index in [0.717, 1.165) is 0 Å². The summed E-state index contributed by atoms with van der Waals surface area (Å²) in [5, 5.41) is 8.73. The third-order valence-corrected chi connectivity index (χ3v) is 4.61. The highest BCUT2D eigenvalue weighted by atomic mass is 32.2. The van der Waals surface area contributed by atoms with E-state index in [1.54, 1.807) is 25.3 Å². The SMILES string of the molecule is COCCCN(C)S(=O)(=O)c1ccccc1C#CCO. The molecule has 0 aliphatic carbocycles. The van der Waals surface area contributed by atoms with Crippen molar-refractivity contribution in [2.24, 2.45) is 0 Å². The Kier molecular flexibility index (Phi) is 6.68. The van der Waals surface area contributed by atoms with Gasteiger partial charge in [0.15, 0.2) is 0 Å². The number of rotatable bonds is 6. The van der Waals surface area contributed by atoms with E-state index in [9.17, 15) is 8.42 Å². The van der Waals surface area contributed by atoms with Crippen molar-refractivity contribution in [2.75, 3.05) is 33.9 Å². The summed E-state index contributed by atoms with van der Waals surface area (Å²) in [6, 6.07) is 6.51. The van der Waals surface area contributed by atoms with Gasteiger partial charge in [-0.1, -0.05) is 24.0 Å². The van der Waals surface area contributed by atoms with Crippen LogP contribution in [-0.4, -0.2) is 51.7 Å². The summed E-state index contributed by atoms with van der Waals surface area (Å²) in [5.41, 5.74) is 0.389. The van der Waals surface area contributed by atoms with Crippen molar-refractivity contribution in [3.8, 4) is 11.8 Å². The molecule has 1 aromatic rings. The summed E-state index contributed by atoms with van der Waals surface area (Å²) in [5.74, 6) is 5.13. The Morgan fingerprint density at radius 2 is 2.05 bits per heavy atom. The first-order valence-corrected chi connectivity index (χ1v) is 7.62. The molecule has 5 nitrogen and oxygen atoms in total. The van der Waals surface area contributed by atoms with Crippen molar-refractivity contribution in [3.63, 3.8) is 0 Å². The van der Waals surface area contributed by atoms with Crippen molar-refractivity contribution in [3.05, 3.63) is 29.8 Å². The van der Waals surface area contributed by atoms with Gasteiger partial charge in [-0.2, -0.15) is 0 Å². The average Bonchev–Trinajstić information content (AvgIpc) is 2.45. The number of methoxy groups -OCH3 is 1. The molecular weight excluding hydrogens is 278 g/mol. The van der Waals surface area contributed by atoms with E-state index >= 15 is 0 Å². The highest BCUT2D eigenvalue weighted by Gasteiger charge is 2.22. The van der Waals surface area contributed by atoms with Gasteiger partial charge in [0.25, 0.3) is 0 Å². The molecule has 0 atom stereocenters. The highest BCUT2D eigenvalue weighted by molar-refractivity contribution is 7.89. The van der Waals surface area contributed by atoms with Crippen LogP contribution in [0.1, 0.15) is 12.0 Å². The van der Waals surface area contributed by atoms with E-state index in [-0.39, 0.29) is 11.5 Å². The van der Waals surface area contributed by atoms with Crippen molar-refractivity contribution in [2.45, 2.75) is 11.3 Å². The highest BCUT2D eigenvalue weighted by Crippen LogP contribution is 2.18. The summed E-state index contributed by atoms with van der Waals surface area (Å²) in [7, 11) is -0.480. The molecule has 0 bridgehead atoms. The lowest BCUT2D eigenvalue weighted by molar-refractivity contribution is 0.189. The number of sulfonamides is 1. The molecule has 6 heteroatoms. The zero-order chi connectivity index (χ0) is 15.0. The van der Waals surface area contributed by atoms with Gasteiger partial charge in [-0.15, -0.1) is 0 Å². The zero-order valence-corrected chi connectivity index (χ0v) is 12.5. The molecule has 0 saturated heterocycles. The van der Waals surface area contributed by atoms with E-state index in [0.29, 0.717) is 25.1 Å². The van der Waals surface area contributed by atoms with Crippen molar-refractivity contribution in [1.82, 2.24) is 4.31 Å². The Balaban J connectivity index is 3.03. The summed E-state index contributed by atoms with van der Waals surface area (Å²) in [4.78, 5) is 0.154. The van der Waals surface area contributed by atoms with E-state index in [1.807, 2.05) is 0 Å². The Morgan fingerprint density at radius 1 is 1.35 bits per heavy atom. The smallest absolute Gasteiger partial charge is 0.244 e. The number of ether oxygens (including phenoxy) is 1. The molecule has 20 heavy (non-hydrogen) atoms. The molecule has 110 valence electrons. The Hall–Kier alpha value is -1.39. The molecule has 1 N–H and O–H groups in total. The first-order chi connectivity index (χ1) is 9.54. The standard InChI is InChI=1S/C14H19NO4S/c1-15(10-6-12-19-2)20(17,18)14-9-4-3-7-13(14)8-5-11-16/h3-4,7,9,16H,6,10-12H2,1-2H3. The zero-order valence-electron chi connectivity index (χ0n) is 11.7. The van der Waals surface area contributed by atoms with Crippen LogP contribution in [0.3, 0.4) is 0 Å². The van der Waals surface area contributed by atoms with Gasteiger partial charge < -0.3 is 9.84 Å².